The summed E-state index contributed by atoms with van der Waals surface area (Å²) >= 11 is 3.33. The maximum atomic E-state index is 11.8. The zero-order chi connectivity index (χ0) is 12.5. The summed E-state index contributed by atoms with van der Waals surface area (Å²) in [6.07, 6.45) is 0. The molecule has 1 aromatic heterocycles. The lowest BCUT2D eigenvalue weighted by Gasteiger charge is -2.07. The van der Waals surface area contributed by atoms with Crippen LogP contribution in [0.1, 0.15) is 0 Å². The number of fused-ring (bicyclic) bond motifs is 1. The van der Waals surface area contributed by atoms with Crippen molar-refractivity contribution in [3.63, 3.8) is 0 Å². The Hall–Kier alpha value is -1.87. The van der Waals surface area contributed by atoms with Gasteiger partial charge in [-0.2, -0.15) is 0 Å². The second-order valence-corrected chi connectivity index (χ2v) is 4.73. The summed E-state index contributed by atoms with van der Waals surface area (Å²) in [6, 6.07) is 17.3. The Labute approximate surface area is 112 Å². The van der Waals surface area contributed by atoms with E-state index >= 15 is 0 Å². The van der Waals surface area contributed by atoms with Crippen LogP contribution in [0.5, 0.6) is 0 Å². The van der Waals surface area contributed by atoms with Crippen molar-refractivity contribution in [2.24, 2.45) is 0 Å². The van der Waals surface area contributed by atoms with Crippen molar-refractivity contribution < 1.29 is 4.42 Å². The largest absolute Gasteiger partial charge is 0.422 e. The molecule has 0 aliphatic rings. The van der Waals surface area contributed by atoms with E-state index in [2.05, 4.69) is 15.9 Å². The molecular formula is C15H9BrO2. The molecule has 0 aliphatic heterocycles. The van der Waals surface area contributed by atoms with E-state index in [-0.39, 0.29) is 5.63 Å². The van der Waals surface area contributed by atoms with Crippen molar-refractivity contribution in [3.05, 3.63) is 69.5 Å². The molecule has 0 radical (unpaired) electrons. The van der Waals surface area contributed by atoms with Gasteiger partial charge < -0.3 is 4.42 Å². The number of benzene rings is 2. The second-order valence-electron chi connectivity index (χ2n) is 3.94. The van der Waals surface area contributed by atoms with Gasteiger partial charge in [0.05, 0.1) is 0 Å². The van der Waals surface area contributed by atoms with E-state index in [1.54, 1.807) is 6.07 Å². The predicted molar refractivity (Wildman–Crippen MR) is 75.6 cm³/mol. The fourth-order valence-corrected chi connectivity index (χ4v) is 2.54. The van der Waals surface area contributed by atoms with E-state index in [1.165, 1.54) is 0 Å². The fraction of sp³-hybridized carbons (Fsp3) is 0. The summed E-state index contributed by atoms with van der Waals surface area (Å²) in [7, 11) is 0. The molecule has 0 bridgehead atoms. The van der Waals surface area contributed by atoms with Gasteiger partial charge in [0.25, 0.3) is 0 Å². The van der Waals surface area contributed by atoms with Crippen molar-refractivity contribution in [1.82, 2.24) is 0 Å². The maximum absolute atomic E-state index is 11.8. The molecule has 0 N–H and O–H groups in total. The Kier molecular flexibility index (Phi) is 2.76. The van der Waals surface area contributed by atoms with E-state index in [0.29, 0.717) is 10.1 Å². The smallest absolute Gasteiger partial charge is 0.351 e. The van der Waals surface area contributed by atoms with Gasteiger partial charge >= 0.3 is 5.63 Å². The molecule has 2 aromatic carbocycles. The first-order chi connectivity index (χ1) is 8.77. The van der Waals surface area contributed by atoms with Crippen molar-refractivity contribution >= 4 is 26.9 Å². The summed E-state index contributed by atoms with van der Waals surface area (Å²) < 4.78 is 5.72. The van der Waals surface area contributed by atoms with Gasteiger partial charge in [-0.15, -0.1) is 0 Å². The molecule has 3 heteroatoms. The van der Waals surface area contributed by atoms with Crippen LogP contribution in [0.4, 0.5) is 0 Å². The fourth-order valence-electron chi connectivity index (χ4n) is 2.01. The average molecular weight is 301 g/mol. The molecule has 88 valence electrons. The number of hydrogen-bond acceptors (Lipinski definition) is 2. The highest BCUT2D eigenvalue weighted by molar-refractivity contribution is 9.10. The first kappa shape index (κ1) is 11.2. The van der Waals surface area contributed by atoms with E-state index in [9.17, 15) is 4.79 Å². The van der Waals surface area contributed by atoms with Gasteiger partial charge in [0, 0.05) is 10.9 Å². The quantitative estimate of drug-likeness (QED) is 0.630. The molecule has 2 nitrogen and oxygen atoms in total. The summed E-state index contributed by atoms with van der Waals surface area (Å²) in [5.41, 5.74) is 2.12. The van der Waals surface area contributed by atoms with Crippen molar-refractivity contribution in [2.45, 2.75) is 0 Å². The van der Waals surface area contributed by atoms with E-state index in [4.69, 9.17) is 4.42 Å². The Morgan fingerprint density at radius 2 is 1.56 bits per heavy atom. The number of rotatable bonds is 1. The summed E-state index contributed by atoms with van der Waals surface area (Å²) in [4.78, 5) is 11.8. The lowest BCUT2D eigenvalue weighted by atomic mass is 10.0. The molecule has 0 amide bonds. The Balaban J connectivity index is 2.47. The molecule has 0 unspecified atom stereocenters. The van der Waals surface area contributed by atoms with Gasteiger partial charge in [-0.3, -0.25) is 0 Å². The molecule has 0 saturated heterocycles. The maximum Gasteiger partial charge on any atom is 0.351 e. The van der Waals surface area contributed by atoms with Gasteiger partial charge in [-0.1, -0.05) is 48.5 Å². The molecule has 0 atom stereocenters. The zero-order valence-corrected chi connectivity index (χ0v) is 11.0. The highest BCUT2D eigenvalue weighted by Gasteiger charge is 2.13. The van der Waals surface area contributed by atoms with E-state index in [1.807, 2.05) is 48.5 Å². The molecule has 3 rings (SSSR count). The van der Waals surface area contributed by atoms with E-state index in [0.717, 1.165) is 16.5 Å². The zero-order valence-electron chi connectivity index (χ0n) is 9.39. The first-order valence-electron chi connectivity index (χ1n) is 5.54. The highest BCUT2D eigenvalue weighted by Crippen LogP contribution is 2.32. The lowest BCUT2D eigenvalue weighted by Crippen LogP contribution is -2.02. The monoisotopic (exact) mass is 300 g/mol. The number of hydrogen-bond donors (Lipinski definition) is 0. The number of para-hydroxylation sites is 1. The van der Waals surface area contributed by atoms with Gasteiger partial charge in [0.1, 0.15) is 10.1 Å². The average Bonchev–Trinajstić information content (AvgIpc) is 2.41. The second kappa shape index (κ2) is 4.42. The van der Waals surface area contributed by atoms with Crippen molar-refractivity contribution in [2.75, 3.05) is 0 Å². The minimum atomic E-state index is -0.354. The van der Waals surface area contributed by atoms with Crippen LogP contribution in [0.3, 0.4) is 0 Å². The van der Waals surface area contributed by atoms with Gasteiger partial charge in [0.15, 0.2) is 0 Å². The third-order valence-electron chi connectivity index (χ3n) is 2.82. The van der Waals surface area contributed by atoms with Gasteiger partial charge in [0.2, 0.25) is 0 Å². The van der Waals surface area contributed by atoms with Crippen LogP contribution < -0.4 is 5.63 Å². The Morgan fingerprint density at radius 1 is 0.889 bits per heavy atom. The Bertz CT molecular complexity index is 760. The van der Waals surface area contributed by atoms with Gasteiger partial charge in [-0.05, 0) is 27.6 Å². The third kappa shape index (κ3) is 1.77. The third-order valence-corrected chi connectivity index (χ3v) is 3.54. The van der Waals surface area contributed by atoms with Crippen LogP contribution in [-0.2, 0) is 0 Å². The van der Waals surface area contributed by atoms with Crippen LogP contribution in [0.15, 0.2) is 68.3 Å². The minimum Gasteiger partial charge on any atom is -0.422 e. The van der Waals surface area contributed by atoms with Crippen LogP contribution >= 0.6 is 15.9 Å². The SMILES string of the molecule is O=c1oc2ccccc2c(-c2ccccc2)c1Br. The molecule has 0 spiro atoms. The molecule has 3 aromatic rings. The Morgan fingerprint density at radius 3 is 2.33 bits per heavy atom. The predicted octanol–water partition coefficient (Wildman–Crippen LogP) is 4.22. The normalized spacial score (nSPS) is 10.7. The van der Waals surface area contributed by atoms with Crippen LogP contribution in [-0.4, -0.2) is 0 Å². The summed E-state index contributed by atoms with van der Waals surface area (Å²) in [6.45, 7) is 0. The van der Waals surface area contributed by atoms with Crippen LogP contribution in [0.2, 0.25) is 0 Å². The lowest BCUT2D eigenvalue weighted by molar-refractivity contribution is 0.557. The highest BCUT2D eigenvalue weighted by atomic mass is 79.9. The summed E-state index contributed by atoms with van der Waals surface area (Å²) in [5, 5.41) is 0.926. The molecule has 18 heavy (non-hydrogen) atoms. The standard InChI is InChI=1S/C15H9BrO2/c16-14-13(10-6-2-1-3-7-10)11-8-4-5-9-12(11)18-15(14)17/h1-9H. The number of halogens is 1. The van der Waals surface area contributed by atoms with Gasteiger partial charge in [-0.25, -0.2) is 4.79 Å². The van der Waals surface area contributed by atoms with Crippen molar-refractivity contribution in [3.8, 4) is 11.1 Å². The van der Waals surface area contributed by atoms with Crippen LogP contribution in [0, 0.1) is 0 Å². The molecule has 1 heterocycles. The molecule has 0 fully saturated rings. The minimum absolute atomic E-state index is 0.354. The molecule has 0 aliphatic carbocycles. The first-order valence-corrected chi connectivity index (χ1v) is 6.33. The van der Waals surface area contributed by atoms with Crippen LogP contribution in [0.25, 0.3) is 22.1 Å². The molecule has 0 saturated carbocycles. The molecular weight excluding hydrogens is 292 g/mol. The van der Waals surface area contributed by atoms with E-state index < -0.39 is 0 Å². The summed E-state index contributed by atoms with van der Waals surface area (Å²) in [5.74, 6) is 0. The van der Waals surface area contributed by atoms with Crippen molar-refractivity contribution in [1.29, 1.82) is 0 Å². The topological polar surface area (TPSA) is 30.2 Å².